The van der Waals surface area contributed by atoms with Crippen LogP contribution in [0.2, 0.25) is 0 Å². The second-order valence-corrected chi connectivity index (χ2v) is 8.09. The molecule has 1 amide bonds. The molecule has 1 atom stereocenters. The molecule has 0 N–H and O–H groups in total. The predicted molar refractivity (Wildman–Crippen MR) is 100 cm³/mol. The van der Waals surface area contributed by atoms with Gasteiger partial charge in [0.25, 0.3) is 0 Å². The second kappa shape index (κ2) is 7.11. The van der Waals surface area contributed by atoms with Crippen LogP contribution in [-0.2, 0) is 4.74 Å². The lowest BCUT2D eigenvalue weighted by Gasteiger charge is -2.43. The molecule has 4 heteroatoms. The predicted octanol–water partition coefficient (Wildman–Crippen LogP) is 4.74. The molecule has 3 rings (SSSR count). The minimum atomic E-state index is -0.438. The van der Waals surface area contributed by atoms with Gasteiger partial charge in [-0.15, -0.1) is 0 Å². The highest BCUT2D eigenvalue weighted by Gasteiger charge is 2.32. The van der Waals surface area contributed by atoms with Crippen LogP contribution >= 0.6 is 0 Å². The largest absolute Gasteiger partial charge is 0.444 e. The molecular weight excluding hydrogens is 312 g/mol. The first-order valence-electron chi connectivity index (χ1n) is 9.35. The van der Waals surface area contributed by atoms with Crippen molar-refractivity contribution in [2.45, 2.75) is 58.6 Å². The molecule has 1 aromatic carbocycles. The maximum atomic E-state index is 12.4. The Morgan fingerprint density at radius 2 is 1.84 bits per heavy atom. The number of amides is 1. The van der Waals surface area contributed by atoms with E-state index in [9.17, 15) is 4.79 Å². The zero-order chi connectivity index (χ0) is 18.0. The average molecular weight is 342 g/mol. The van der Waals surface area contributed by atoms with Crippen molar-refractivity contribution in [1.82, 2.24) is 9.80 Å². The summed E-state index contributed by atoms with van der Waals surface area (Å²) >= 11 is 0. The number of rotatable bonds is 2. The molecule has 0 spiro atoms. The van der Waals surface area contributed by atoms with E-state index in [2.05, 4.69) is 42.2 Å². The van der Waals surface area contributed by atoms with Gasteiger partial charge < -0.3 is 14.5 Å². The molecule has 0 fully saturated rings. The van der Waals surface area contributed by atoms with Gasteiger partial charge in [-0.25, -0.2) is 4.79 Å². The van der Waals surface area contributed by atoms with Crippen LogP contribution < -0.4 is 0 Å². The van der Waals surface area contributed by atoms with Gasteiger partial charge in [-0.3, -0.25) is 0 Å². The lowest BCUT2D eigenvalue weighted by molar-refractivity contribution is 0.0243. The summed E-state index contributed by atoms with van der Waals surface area (Å²) in [5.41, 5.74) is 3.77. The molecule has 136 valence electrons. The van der Waals surface area contributed by atoms with Crippen LogP contribution in [0.5, 0.6) is 0 Å². The molecule has 2 aliphatic rings. The van der Waals surface area contributed by atoms with Gasteiger partial charge in [0, 0.05) is 31.8 Å². The SMILES string of the molecule is CC(c1ccccc1)N1CCCC2=C1CCN(C(=O)OC(C)(C)C)C2. The van der Waals surface area contributed by atoms with Crippen molar-refractivity contribution in [2.24, 2.45) is 0 Å². The molecule has 0 aromatic heterocycles. The Morgan fingerprint density at radius 1 is 1.12 bits per heavy atom. The first-order valence-corrected chi connectivity index (χ1v) is 9.35. The van der Waals surface area contributed by atoms with E-state index in [4.69, 9.17) is 4.74 Å². The number of carbonyl (C=O) groups is 1. The monoisotopic (exact) mass is 342 g/mol. The third-order valence-corrected chi connectivity index (χ3v) is 5.03. The summed E-state index contributed by atoms with van der Waals surface area (Å²) in [6.07, 6.45) is 2.98. The van der Waals surface area contributed by atoms with E-state index in [0.717, 1.165) is 32.4 Å². The summed E-state index contributed by atoms with van der Waals surface area (Å²) in [4.78, 5) is 16.8. The van der Waals surface area contributed by atoms with Gasteiger partial charge in [0.05, 0.1) is 6.04 Å². The molecule has 0 radical (unpaired) electrons. The normalized spacial score (nSPS) is 19.5. The van der Waals surface area contributed by atoms with Crippen LogP contribution in [0.3, 0.4) is 0 Å². The first-order chi connectivity index (χ1) is 11.8. The van der Waals surface area contributed by atoms with E-state index < -0.39 is 5.60 Å². The molecular formula is C21H30N2O2. The molecule has 0 saturated heterocycles. The van der Waals surface area contributed by atoms with Crippen LogP contribution in [0.1, 0.15) is 58.6 Å². The van der Waals surface area contributed by atoms with E-state index >= 15 is 0 Å². The van der Waals surface area contributed by atoms with Crippen molar-refractivity contribution in [3.05, 3.63) is 47.2 Å². The maximum absolute atomic E-state index is 12.4. The van der Waals surface area contributed by atoms with Crippen LogP contribution in [-0.4, -0.2) is 41.1 Å². The van der Waals surface area contributed by atoms with Crippen molar-refractivity contribution < 1.29 is 9.53 Å². The van der Waals surface area contributed by atoms with Crippen molar-refractivity contribution >= 4 is 6.09 Å². The van der Waals surface area contributed by atoms with Gasteiger partial charge in [0.15, 0.2) is 0 Å². The molecule has 0 aliphatic carbocycles. The standard InChI is InChI=1S/C21H30N2O2/c1-16(17-9-6-5-7-10-17)23-13-8-11-18-15-22(14-12-19(18)23)20(24)25-21(2,3)4/h5-7,9-10,16H,8,11-15H2,1-4H3. The minimum Gasteiger partial charge on any atom is -0.444 e. The Labute approximate surface area is 151 Å². The van der Waals surface area contributed by atoms with Crippen molar-refractivity contribution in [3.8, 4) is 0 Å². The van der Waals surface area contributed by atoms with Gasteiger partial charge in [-0.2, -0.15) is 0 Å². The van der Waals surface area contributed by atoms with Crippen molar-refractivity contribution in [1.29, 1.82) is 0 Å². The Balaban J connectivity index is 1.74. The highest BCUT2D eigenvalue weighted by Crippen LogP contribution is 2.35. The van der Waals surface area contributed by atoms with Gasteiger partial charge in [0.1, 0.15) is 5.60 Å². The van der Waals surface area contributed by atoms with Gasteiger partial charge in [-0.1, -0.05) is 30.3 Å². The summed E-state index contributed by atoms with van der Waals surface area (Å²) in [6, 6.07) is 11.1. The molecule has 4 nitrogen and oxygen atoms in total. The number of benzene rings is 1. The molecule has 1 aromatic rings. The highest BCUT2D eigenvalue weighted by atomic mass is 16.6. The van der Waals surface area contributed by atoms with Crippen molar-refractivity contribution in [3.63, 3.8) is 0 Å². The highest BCUT2D eigenvalue weighted by molar-refractivity contribution is 5.69. The fourth-order valence-corrected chi connectivity index (χ4v) is 3.81. The van der Waals surface area contributed by atoms with Crippen LogP contribution in [0.25, 0.3) is 0 Å². The number of hydrogen-bond acceptors (Lipinski definition) is 3. The summed E-state index contributed by atoms with van der Waals surface area (Å²) in [5.74, 6) is 0. The summed E-state index contributed by atoms with van der Waals surface area (Å²) in [5, 5.41) is 0. The lowest BCUT2D eigenvalue weighted by Crippen LogP contribution is -2.44. The Bertz CT molecular complexity index is 646. The first kappa shape index (κ1) is 17.8. The molecule has 0 saturated carbocycles. The number of carbonyl (C=O) groups excluding carboxylic acids is 1. The van der Waals surface area contributed by atoms with Crippen LogP contribution in [0, 0.1) is 0 Å². The number of ether oxygens (including phenoxy) is 1. The Morgan fingerprint density at radius 3 is 2.52 bits per heavy atom. The zero-order valence-corrected chi connectivity index (χ0v) is 15.9. The van der Waals surface area contributed by atoms with Gasteiger partial charge in [-0.05, 0) is 51.7 Å². The third kappa shape index (κ3) is 4.17. The summed E-state index contributed by atoms with van der Waals surface area (Å²) in [6.45, 7) is 10.6. The maximum Gasteiger partial charge on any atom is 0.410 e. The zero-order valence-electron chi connectivity index (χ0n) is 15.9. The van der Waals surface area contributed by atoms with E-state index in [1.165, 1.54) is 16.8 Å². The summed E-state index contributed by atoms with van der Waals surface area (Å²) < 4.78 is 5.55. The number of nitrogens with zero attached hydrogens (tertiary/aromatic N) is 2. The Kier molecular flexibility index (Phi) is 5.07. The summed E-state index contributed by atoms with van der Waals surface area (Å²) in [7, 11) is 0. The molecule has 2 aliphatic heterocycles. The second-order valence-electron chi connectivity index (χ2n) is 8.09. The average Bonchev–Trinajstić information content (AvgIpc) is 2.59. The van der Waals surface area contributed by atoms with Crippen LogP contribution in [0.4, 0.5) is 4.79 Å². The van der Waals surface area contributed by atoms with Gasteiger partial charge >= 0.3 is 6.09 Å². The lowest BCUT2D eigenvalue weighted by atomic mass is 9.93. The number of hydrogen-bond donors (Lipinski definition) is 0. The molecule has 0 bridgehead atoms. The Hall–Kier alpha value is -1.97. The van der Waals surface area contributed by atoms with Gasteiger partial charge in [0.2, 0.25) is 0 Å². The van der Waals surface area contributed by atoms with Crippen LogP contribution in [0.15, 0.2) is 41.6 Å². The van der Waals surface area contributed by atoms with Crippen molar-refractivity contribution in [2.75, 3.05) is 19.6 Å². The minimum absolute atomic E-state index is 0.188. The molecule has 2 heterocycles. The smallest absolute Gasteiger partial charge is 0.410 e. The van der Waals surface area contributed by atoms with E-state index in [1.807, 2.05) is 25.7 Å². The molecule has 25 heavy (non-hydrogen) atoms. The third-order valence-electron chi connectivity index (χ3n) is 5.03. The fraction of sp³-hybridized carbons (Fsp3) is 0.571. The topological polar surface area (TPSA) is 32.8 Å². The van der Waals surface area contributed by atoms with E-state index in [1.54, 1.807) is 0 Å². The fourth-order valence-electron chi connectivity index (χ4n) is 3.81. The quantitative estimate of drug-likeness (QED) is 0.778. The van der Waals surface area contributed by atoms with E-state index in [-0.39, 0.29) is 6.09 Å². The molecule has 1 unspecified atom stereocenters. The van der Waals surface area contributed by atoms with E-state index in [0.29, 0.717) is 12.6 Å².